The third kappa shape index (κ3) is 5.55. The summed E-state index contributed by atoms with van der Waals surface area (Å²) in [5.74, 6) is 5.76. The zero-order valence-electron chi connectivity index (χ0n) is 16.0. The maximum atomic E-state index is 5.71. The van der Waals surface area contributed by atoms with Crippen LogP contribution in [0.1, 0.15) is 36.4 Å². The quantitative estimate of drug-likeness (QED) is 0.343. The summed E-state index contributed by atoms with van der Waals surface area (Å²) in [4.78, 5) is 5.16. The van der Waals surface area contributed by atoms with Crippen molar-refractivity contribution in [1.29, 1.82) is 0 Å². The fourth-order valence-corrected chi connectivity index (χ4v) is 3.91. The Labute approximate surface area is 162 Å². The molecule has 0 radical (unpaired) electrons. The molecule has 2 aromatic rings. The molecule has 0 aliphatic carbocycles. The topological polar surface area (TPSA) is 70.9 Å². The molecule has 0 unspecified atom stereocenters. The van der Waals surface area contributed by atoms with Gasteiger partial charge in [0.15, 0.2) is 0 Å². The van der Waals surface area contributed by atoms with E-state index in [1.54, 1.807) is 0 Å². The molecule has 4 N–H and O–H groups in total. The molecule has 27 heavy (non-hydrogen) atoms. The van der Waals surface area contributed by atoms with Gasteiger partial charge in [-0.05, 0) is 37.1 Å². The maximum Gasteiger partial charge on any atom is 0.119 e. The summed E-state index contributed by atoms with van der Waals surface area (Å²) in [5.41, 5.74) is 8.44. The molecule has 5 nitrogen and oxygen atoms in total. The molecule has 0 saturated carbocycles. The molecule has 1 saturated heterocycles. The van der Waals surface area contributed by atoms with E-state index in [-0.39, 0.29) is 0 Å². The molecule has 0 bridgehead atoms. The van der Waals surface area contributed by atoms with E-state index in [1.165, 1.54) is 17.5 Å². The van der Waals surface area contributed by atoms with Crippen LogP contribution in [0, 0.1) is 0 Å². The van der Waals surface area contributed by atoms with Gasteiger partial charge in [-0.1, -0.05) is 60.7 Å². The summed E-state index contributed by atoms with van der Waals surface area (Å²) in [6, 6.07) is 22.0. The van der Waals surface area contributed by atoms with Gasteiger partial charge in [0.05, 0.1) is 6.04 Å². The van der Waals surface area contributed by atoms with Gasteiger partial charge in [0.2, 0.25) is 0 Å². The number of amidine groups is 1. The molecule has 3 rings (SSSR count). The highest BCUT2D eigenvalue weighted by molar-refractivity contribution is 5.79. The van der Waals surface area contributed by atoms with E-state index in [2.05, 4.69) is 75.6 Å². The Balaban J connectivity index is 1.67. The molecule has 1 fully saturated rings. The Morgan fingerprint density at radius 2 is 1.52 bits per heavy atom. The highest BCUT2D eigenvalue weighted by atomic mass is 15.2. The molecule has 5 heteroatoms. The third-order valence-corrected chi connectivity index (χ3v) is 5.29. The first kappa shape index (κ1) is 19.4. The van der Waals surface area contributed by atoms with Gasteiger partial charge in [0.1, 0.15) is 5.84 Å². The van der Waals surface area contributed by atoms with Crippen molar-refractivity contribution in [2.45, 2.75) is 25.3 Å². The Hall–Kier alpha value is -2.37. The number of nitrogens with zero attached hydrogens (tertiary/aromatic N) is 3. The molecular formula is C22H31N5. The van der Waals surface area contributed by atoms with E-state index in [0.29, 0.717) is 11.9 Å². The SMILES string of the molecule is N/N=C(\N)CCCN1CCCN(C(c2ccccc2)c2ccccc2)CC1. The average Bonchev–Trinajstić information content (AvgIpc) is 2.95. The zero-order valence-corrected chi connectivity index (χ0v) is 16.0. The van der Waals surface area contributed by atoms with E-state index in [1.807, 2.05) is 0 Å². The monoisotopic (exact) mass is 365 g/mol. The van der Waals surface area contributed by atoms with Crippen molar-refractivity contribution in [3.63, 3.8) is 0 Å². The number of nitrogens with two attached hydrogens (primary N) is 2. The van der Waals surface area contributed by atoms with E-state index in [9.17, 15) is 0 Å². The van der Waals surface area contributed by atoms with Gasteiger partial charge in [-0.25, -0.2) is 0 Å². The lowest BCUT2D eigenvalue weighted by molar-refractivity contribution is 0.222. The van der Waals surface area contributed by atoms with Crippen LogP contribution in [0.5, 0.6) is 0 Å². The third-order valence-electron chi connectivity index (χ3n) is 5.29. The normalized spacial score (nSPS) is 17.1. The van der Waals surface area contributed by atoms with Crippen molar-refractivity contribution in [1.82, 2.24) is 9.80 Å². The van der Waals surface area contributed by atoms with Crippen LogP contribution in [0.2, 0.25) is 0 Å². The van der Waals surface area contributed by atoms with E-state index >= 15 is 0 Å². The second-order valence-corrected chi connectivity index (χ2v) is 7.18. The van der Waals surface area contributed by atoms with Crippen molar-refractivity contribution < 1.29 is 0 Å². The fourth-order valence-electron chi connectivity index (χ4n) is 3.91. The van der Waals surface area contributed by atoms with E-state index < -0.39 is 0 Å². The van der Waals surface area contributed by atoms with Gasteiger partial charge >= 0.3 is 0 Å². The van der Waals surface area contributed by atoms with Crippen LogP contribution in [0.3, 0.4) is 0 Å². The van der Waals surface area contributed by atoms with Crippen molar-refractivity contribution in [3.8, 4) is 0 Å². The van der Waals surface area contributed by atoms with Crippen molar-refractivity contribution in [3.05, 3.63) is 71.8 Å². The van der Waals surface area contributed by atoms with Crippen LogP contribution in [-0.2, 0) is 0 Å². The molecular weight excluding hydrogens is 334 g/mol. The summed E-state index contributed by atoms with van der Waals surface area (Å²) >= 11 is 0. The van der Waals surface area contributed by atoms with Crippen LogP contribution in [0.15, 0.2) is 65.8 Å². The second kappa shape index (κ2) is 10.1. The number of benzene rings is 2. The van der Waals surface area contributed by atoms with Gasteiger partial charge in [0, 0.05) is 26.1 Å². The summed E-state index contributed by atoms with van der Waals surface area (Å²) in [5, 5.41) is 3.56. The lowest BCUT2D eigenvalue weighted by Gasteiger charge is -2.31. The first-order valence-corrected chi connectivity index (χ1v) is 9.86. The lowest BCUT2D eigenvalue weighted by atomic mass is 9.97. The van der Waals surface area contributed by atoms with Crippen LogP contribution in [0.4, 0.5) is 0 Å². The Morgan fingerprint density at radius 3 is 2.11 bits per heavy atom. The fraction of sp³-hybridized carbons (Fsp3) is 0.409. The minimum atomic E-state index is 0.312. The summed E-state index contributed by atoms with van der Waals surface area (Å²) in [6.45, 7) is 5.43. The van der Waals surface area contributed by atoms with Crippen LogP contribution >= 0.6 is 0 Å². The highest BCUT2D eigenvalue weighted by Crippen LogP contribution is 2.29. The van der Waals surface area contributed by atoms with Gasteiger partial charge in [-0.2, -0.15) is 5.10 Å². The number of hydrazone groups is 1. The molecule has 0 spiro atoms. The van der Waals surface area contributed by atoms with E-state index in [0.717, 1.165) is 45.6 Å². The largest absolute Gasteiger partial charge is 0.386 e. The minimum Gasteiger partial charge on any atom is -0.386 e. The Kier molecular flexibility index (Phi) is 7.25. The zero-order chi connectivity index (χ0) is 18.9. The predicted octanol–water partition coefficient (Wildman–Crippen LogP) is 2.79. The summed E-state index contributed by atoms with van der Waals surface area (Å²) < 4.78 is 0. The molecule has 1 heterocycles. The lowest BCUT2D eigenvalue weighted by Crippen LogP contribution is -2.34. The average molecular weight is 366 g/mol. The van der Waals surface area contributed by atoms with Crippen molar-refractivity contribution in [2.75, 3.05) is 32.7 Å². The Morgan fingerprint density at radius 1 is 0.889 bits per heavy atom. The maximum absolute atomic E-state index is 5.71. The Bertz CT molecular complexity index is 662. The standard InChI is InChI=1S/C22H31N5/c23-21(25-24)13-7-14-26-15-8-16-27(18-17-26)22(19-9-3-1-4-10-19)20-11-5-2-6-12-20/h1-6,9-12,22H,7-8,13-18,24H2,(H2,23,25). The smallest absolute Gasteiger partial charge is 0.119 e. The summed E-state index contributed by atoms with van der Waals surface area (Å²) in [7, 11) is 0. The predicted molar refractivity (Wildman–Crippen MR) is 112 cm³/mol. The van der Waals surface area contributed by atoms with Crippen LogP contribution < -0.4 is 11.6 Å². The molecule has 2 aromatic carbocycles. The van der Waals surface area contributed by atoms with Crippen molar-refractivity contribution >= 4 is 5.84 Å². The molecule has 0 atom stereocenters. The van der Waals surface area contributed by atoms with Gasteiger partial charge in [-0.15, -0.1) is 0 Å². The number of hydrogen-bond acceptors (Lipinski definition) is 4. The van der Waals surface area contributed by atoms with Gasteiger partial charge in [0.25, 0.3) is 0 Å². The van der Waals surface area contributed by atoms with E-state index in [4.69, 9.17) is 11.6 Å². The van der Waals surface area contributed by atoms with Gasteiger partial charge < -0.3 is 16.5 Å². The van der Waals surface area contributed by atoms with Gasteiger partial charge in [-0.3, -0.25) is 4.90 Å². The van der Waals surface area contributed by atoms with Crippen LogP contribution in [0.25, 0.3) is 0 Å². The summed E-state index contributed by atoms with van der Waals surface area (Å²) in [6.07, 6.45) is 2.96. The number of hydrogen-bond donors (Lipinski definition) is 2. The molecule has 144 valence electrons. The number of rotatable bonds is 7. The molecule has 0 amide bonds. The van der Waals surface area contributed by atoms with Crippen LogP contribution in [-0.4, -0.2) is 48.4 Å². The molecule has 0 aromatic heterocycles. The second-order valence-electron chi connectivity index (χ2n) is 7.18. The minimum absolute atomic E-state index is 0.312. The first-order chi connectivity index (χ1) is 13.3. The molecule has 1 aliphatic heterocycles. The first-order valence-electron chi connectivity index (χ1n) is 9.86. The highest BCUT2D eigenvalue weighted by Gasteiger charge is 2.24. The molecule has 1 aliphatic rings. The van der Waals surface area contributed by atoms with Crippen molar-refractivity contribution in [2.24, 2.45) is 16.7 Å².